The molecule has 0 aliphatic heterocycles. The zero-order valence-electron chi connectivity index (χ0n) is 15.6. The third-order valence-corrected chi connectivity index (χ3v) is 3.92. The summed E-state index contributed by atoms with van der Waals surface area (Å²) in [6, 6.07) is 7.96. The molecule has 0 fully saturated rings. The van der Waals surface area contributed by atoms with Crippen LogP contribution in [0.1, 0.15) is 43.7 Å². The number of anilines is 3. The van der Waals surface area contributed by atoms with E-state index in [9.17, 15) is 4.79 Å². The fourth-order valence-electron chi connectivity index (χ4n) is 2.62. The molecule has 0 unspecified atom stereocenters. The molecule has 0 radical (unpaired) electrons. The fourth-order valence-corrected chi connectivity index (χ4v) is 2.62. The Bertz CT molecular complexity index is 726. The predicted octanol–water partition coefficient (Wildman–Crippen LogP) is 3.70. The van der Waals surface area contributed by atoms with Gasteiger partial charge in [-0.3, -0.25) is 4.79 Å². The van der Waals surface area contributed by atoms with Crippen LogP contribution in [0.3, 0.4) is 0 Å². The largest absolute Gasteiger partial charge is 0.372 e. The fraction of sp³-hybridized carbons (Fsp3) is 0.421. The monoisotopic (exact) mass is 341 g/mol. The van der Waals surface area contributed by atoms with Gasteiger partial charge in [-0.2, -0.15) is 0 Å². The number of benzene rings is 1. The van der Waals surface area contributed by atoms with E-state index in [2.05, 4.69) is 45.4 Å². The first kappa shape index (κ1) is 18.7. The van der Waals surface area contributed by atoms with Crippen molar-refractivity contribution in [3.05, 3.63) is 41.9 Å². The summed E-state index contributed by atoms with van der Waals surface area (Å²) >= 11 is 0. The maximum absolute atomic E-state index is 12.5. The highest BCUT2D eigenvalue weighted by atomic mass is 16.1. The molecule has 1 aromatic carbocycles. The average molecular weight is 341 g/mol. The van der Waals surface area contributed by atoms with Crippen molar-refractivity contribution in [1.82, 2.24) is 9.97 Å². The quantitative estimate of drug-likeness (QED) is 0.803. The summed E-state index contributed by atoms with van der Waals surface area (Å²) < 4.78 is 0. The van der Waals surface area contributed by atoms with Gasteiger partial charge in [-0.25, -0.2) is 9.97 Å². The van der Waals surface area contributed by atoms with Crippen molar-refractivity contribution in [3.63, 3.8) is 0 Å². The van der Waals surface area contributed by atoms with Crippen molar-refractivity contribution < 1.29 is 4.79 Å². The third-order valence-electron chi connectivity index (χ3n) is 3.92. The van der Waals surface area contributed by atoms with Crippen LogP contribution in [0.4, 0.5) is 17.2 Å². The summed E-state index contributed by atoms with van der Waals surface area (Å²) in [4.78, 5) is 23.0. The van der Waals surface area contributed by atoms with Crippen LogP contribution in [0.25, 0.3) is 0 Å². The van der Waals surface area contributed by atoms with Gasteiger partial charge in [-0.05, 0) is 58.4 Å². The van der Waals surface area contributed by atoms with E-state index in [-0.39, 0.29) is 11.9 Å². The second-order valence-corrected chi connectivity index (χ2v) is 6.21. The first-order valence-electron chi connectivity index (χ1n) is 8.70. The minimum absolute atomic E-state index is 0.237. The summed E-state index contributed by atoms with van der Waals surface area (Å²) in [7, 11) is 0. The Morgan fingerprint density at radius 1 is 1.16 bits per heavy atom. The van der Waals surface area contributed by atoms with Gasteiger partial charge in [0.15, 0.2) is 0 Å². The Morgan fingerprint density at radius 2 is 1.88 bits per heavy atom. The van der Waals surface area contributed by atoms with E-state index in [1.54, 1.807) is 6.07 Å². The van der Waals surface area contributed by atoms with E-state index in [1.165, 1.54) is 6.33 Å². The Labute approximate surface area is 149 Å². The molecule has 25 heavy (non-hydrogen) atoms. The van der Waals surface area contributed by atoms with E-state index in [4.69, 9.17) is 0 Å². The molecule has 1 aromatic heterocycles. The maximum Gasteiger partial charge on any atom is 0.274 e. The molecule has 0 aliphatic carbocycles. The topological polar surface area (TPSA) is 70.2 Å². The minimum atomic E-state index is -0.243. The lowest BCUT2D eigenvalue weighted by molar-refractivity contribution is 0.102. The zero-order chi connectivity index (χ0) is 18.4. The molecular formula is C19H27N5O. The SMILES string of the molecule is CCN(CC)c1ccc(NC(=O)c2cc(NC(C)C)ncn2)c(C)c1. The van der Waals surface area contributed by atoms with Crippen molar-refractivity contribution in [1.29, 1.82) is 0 Å². The first-order valence-corrected chi connectivity index (χ1v) is 8.70. The summed E-state index contributed by atoms with van der Waals surface area (Å²) in [6.07, 6.45) is 1.40. The van der Waals surface area contributed by atoms with E-state index in [1.807, 2.05) is 32.9 Å². The number of hydrogen-bond donors (Lipinski definition) is 2. The Hall–Kier alpha value is -2.63. The van der Waals surface area contributed by atoms with Crippen LogP contribution in [0.2, 0.25) is 0 Å². The van der Waals surface area contributed by atoms with Gasteiger partial charge in [-0.15, -0.1) is 0 Å². The van der Waals surface area contributed by atoms with Gasteiger partial charge in [-0.1, -0.05) is 0 Å². The predicted molar refractivity (Wildman–Crippen MR) is 103 cm³/mol. The zero-order valence-corrected chi connectivity index (χ0v) is 15.6. The van der Waals surface area contributed by atoms with Crippen LogP contribution < -0.4 is 15.5 Å². The van der Waals surface area contributed by atoms with Crippen LogP contribution in [0.5, 0.6) is 0 Å². The lowest BCUT2D eigenvalue weighted by atomic mass is 10.1. The molecule has 2 rings (SSSR count). The van der Waals surface area contributed by atoms with Crippen LogP contribution in [-0.4, -0.2) is 35.0 Å². The third kappa shape index (κ3) is 4.92. The van der Waals surface area contributed by atoms with Gasteiger partial charge in [0.2, 0.25) is 0 Å². The van der Waals surface area contributed by atoms with Gasteiger partial charge < -0.3 is 15.5 Å². The summed E-state index contributed by atoms with van der Waals surface area (Å²) in [5.74, 6) is 0.400. The standard InChI is InChI=1S/C19H27N5O/c1-6-24(7-2)15-8-9-16(14(5)10-15)23-19(25)17-11-18(21-12-20-17)22-13(3)4/h8-13H,6-7H2,1-5H3,(H,23,25)(H,20,21,22). The lowest BCUT2D eigenvalue weighted by Crippen LogP contribution is -2.22. The van der Waals surface area contributed by atoms with E-state index in [0.717, 1.165) is 30.0 Å². The molecule has 0 spiro atoms. The van der Waals surface area contributed by atoms with Crippen LogP contribution in [-0.2, 0) is 0 Å². The maximum atomic E-state index is 12.5. The summed E-state index contributed by atoms with van der Waals surface area (Å²) in [6.45, 7) is 12.2. The number of aryl methyl sites for hydroxylation is 1. The van der Waals surface area contributed by atoms with Crippen molar-refractivity contribution in [3.8, 4) is 0 Å². The number of hydrogen-bond acceptors (Lipinski definition) is 5. The van der Waals surface area contributed by atoms with Gasteiger partial charge in [0.05, 0.1) is 0 Å². The Kier molecular flexibility index (Phi) is 6.33. The molecule has 0 aliphatic rings. The highest BCUT2D eigenvalue weighted by molar-refractivity contribution is 6.03. The van der Waals surface area contributed by atoms with Crippen molar-refractivity contribution in [2.24, 2.45) is 0 Å². The average Bonchev–Trinajstić information content (AvgIpc) is 2.58. The van der Waals surface area contributed by atoms with Gasteiger partial charge in [0.1, 0.15) is 17.8 Å². The van der Waals surface area contributed by atoms with Gasteiger partial charge in [0, 0.05) is 36.6 Å². The minimum Gasteiger partial charge on any atom is -0.372 e. The molecule has 6 nitrogen and oxygen atoms in total. The molecule has 134 valence electrons. The molecule has 2 aromatic rings. The van der Waals surface area contributed by atoms with Crippen molar-refractivity contribution >= 4 is 23.1 Å². The molecule has 0 bridgehead atoms. The van der Waals surface area contributed by atoms with E-state index in [0.29, 0.717) is 11.5 Å². The smallest absolute Gasteiger partial charge is 0.274 e. The van der Waals surface area contributed by atoms with Crippen LogP contribution >= 0.6 is 0 Å². The highest BCUT2D eigenvalue weighted by Gasteiger charge is 2.12. The molecule has 0 saturated heterocycles. The number of nitrogens with one attached hydrogen (secondary N) is 2. The first-order chi connectivity index (χ1) is 11.9. The molecule has 1 amide bonds. The van der Waals surface area contributed by atoms with E-state index >= 15 is 0 Å². The van der Waals surface area contributed by atoms with Crippen LogP contribution in [0.15, 0.2) is 30.6 Å². The normalized spacial score (nSPS) is 10.6. The second-order valence-electron chi connectivity index (χ2n) is 6.21. The Balaban J connectivity index is 2.15. The lowest BCUT2D eigenvalue weighted by Gasteiger charge is -2.22. The van der Waals surface area contributed by atoms with Crippen molar-refractivity contribution in [2.45, 2.75) is 40.7 Å². The summed E-state index contributed by atoms with van der Waals surface area (Å²) in [5.41, 5.74) is 3.31. The van der Waals surface area contributed by atoms with E-state index < -0.39 is 0 Å². The molecule has 1 heterocycles. The van der Waals surface area contributed by atoms with Gasteiger partial charge in [0.25, 0.3) is 5.91 Å². The number of rotatable bonds is 7. The number of carbonyl (C=O) groups excluding carboxylic acids is 1. The van der Waals surface area contributed by atoms with Crippen molar-refractivity contribution in [2.75, 3.05) is 28.6 Å². The highest BCUT2D eigenvalue weighted by Crippen LogP contribution is 2.23. The molecular weight excluding hydrogens is 314 g/mol. The number of carbonyl (C=O) groups is 1. The van der Waals surface area contributed by atoms with Gasteiger partial charge >= 0.3 is 0 Å². The molecule has 2 N–H and O–H groups in total. The number of amides is 1. The second kappa shape index (κ2) is 8.46. The Morgan fingerprint density at radius 3 is 2.48 bits per heavy atom. The number of aromatic nitrogens is 2. The summed E-state index contributed by atoms with van der Waals surface area (Å²) in [5, 5.41) is 6.11. The molecule has 0 saturated carbocycles. The number of nitrogens with zero attached hydrogens (tertiary/aromatic N) is 3. The molecule has 6 heteroatoms. The molecule has 0 atom stereocenters. The van der Waals surface area contributed by atoms with Crippen LogP contribution in [0, 0.1) is 6.92 Å².